The number of H-pyrrole nitrogens is 1. The van der Waals surface area contributed by atoms with Crippen LogP contribution in [-0.4, -0.2) is 41.4 Å². The van der Waals surface area contributed by atoms with Crippen molar-refractivity contribution in [1.29, 1.82) is 0 Å². The number of nitrogens with one attached hydrogen (secondary N) is 2. The number of hydrogen-bond acceptors (Lipinski definition) is 4. The maximum absolute atomic E-state index is 12.6. The highest BCUT2D eigenvalue weighted by Gasteiger charge is 2.22. The highest BCUT2D eigenvalue weighted by molar-refractivity contribution is 6.35. The van der Waals surface area contributed by atoms with Crippen molar-refractivity contribution in [3.05, 3.63) is 62.0 Å². The molecule has 1 aromatic heterocycles. The first-order valence-electron chi connectivity index (χ1n) is 9.51. The number of pyridine rings is 1. The van der Waals surface area contributed by atoms with Crippen molar-refractivity contribution in [3.8, 4) is 5.75 Å². The fourth-order valence-electron chi connectivity index (χ4n) is 3.42. The number of piperidine rings is 1. The third-order valence-electron chi connectivity index (χ3n) is 5.05. The number of nitrogens with zero attached hydrogens (tertiary/aromatic N) is 1. The van der Waals surface area contributed by atoms with E-state index in [0.29, 0.717) is 37.2 Å². The number of aromatic nitrogens is 1. The van der Waals surface area contributed by atoms with E-state index in [1.807, 2.05) is 19.9 Å². The molecule has 0 unspecified atom stereocenters. The van der Waals surface area contributed by atoms with E-state index in [0.717, 1.165) is 17.7 Å². The standard InChI is InChI=1S/C21H24ClN3O4/c1-13-10-14(2)24-21(28)17(13)11-23-20(27)16-4-3-5-18(19(16)22)29-15-6-8-25(12-26)9-7-15/h3-5,10,12,15H,6-9,11H2,1-2H3,(H,23,27)(H,24,28). The minimum Gasteiger partial charge on any atom is -0.489 e. The van der Waals surface area contributed by atoms with Crippen molar-refractivity contribution in [2.24, 2.45) is 0 Å². The number of carbonyl (C=O) groups is 2. The van der Waals surface area contributed by atoms with Crippen LogP contribution in [0.5, 0.6) is 5.75 Å². The molecule has 0 aliphatic carbocycles. The van der Waals surface area contributed by atoms with Crippen LogP contribution in [0.25, 0.3) is 0 Å². The van der Waals surface area contributed by atoms with Gasteiger partial charge in [0.25, 0.3) is 11.5 Å². The lowest BCUT2D eigenvalue weighted by molar-refractivity contribution is -0.119. The van der Waals surface area contributed by atoms with Gasteiger partial charge in [0.05, 0.1) is 10.6 Å². The second-order valence-electron chi connectivity index (χ2n) is 7.20. The Balaban J connectivity index is 1.68. The highest BCUT2D eigenvalue weighted by Crippen LogP contribution is 2.30. The molecule has 2 amide bonds. The zero-order chi connectivity index (χ0) is 21.0. The molecule has 2 aromatic rings. The summed E-state index contributed by atoms with van der Waals surface area (Å²) in [5, 5.41) is 2.99. The summed E-state index contributed by atoms with van der Waals surface area (Å²) in [6, 6.07) is 6.91. The summed E-state index contributed by atoms with van der Waals surface area (Å²) >= 11 is 6.42. The molecule has 1 aromatic carbocycles. The van der Waals surface area contributed by atoms with Crippen LogP contribution in [0.3, 0.4) is 0 Å². The highest BCUT2D eigenvalue weighted by atomic mass is 35.5. The summed E-state index contributed by atoms with van der Waals surface area (Å²) in [6.07, 6.45) is 2.20. The topological polar surface area (TPSA) is 91.5 Å². The number of carbonyl (C=O) groups excluding carboxylic acids is 2. The maximum Gasteiger partial charge on any atom is 0.253 e. The Hall–Kier alpha value is -2.80. The second-order valence-corrected chi connectivity index (χ2v) is 7.58. The summed E-state index contributed by atoms with van der Waals surface area (Å²) in [4.78, 5) is 40.0. The van der Waals surface area contributed by atoms with E-state index in [9.17, 15) is 14.4 Å². The van der Waals surface area contributed by atoms with Crippen molar-refractivity contribution in [2.45, 2.75) is 39.3 Å². The van der Waals surface area contributed by atoms with Gasteiger partial charge < -0.3 is 19.9 Å². The lowest BCUT2D eigenvalue weighted by atomic mass is 10.1. The van der Waals surface area contributed by atoms with Crippen molar-refractivity contribution < 1.29 is 14.3 Å². The number of hydrogen-bond donors (Lipinski definition) is 2. The minimum absolute atomic E-state index is 0.0595. The average molecular weight is 418 g/mol. The molecule has 0 saturated carbocycles. The molecule has 0 spiro atoms. The smallest absolute Gasteiger partial charge is 0.253 e. The van der Waals surface area contributed by atoms with Gasteiger partial charge in [0.2, 0.25) is 6.41 Å². The molecular formula is C21H24ClN3O4. The number of benzene rings is 1. The Morgan fingerprint density at radius 1 is 1.34 bits per heavy atom. The predicted octanol–water partition coefficient (Wildman–Crippen LogP) is 2.57. The van der Waals surface area contributed by atoms with Gasteiger partial charge in [-0.15, -0.1) is 0 Å². The second kappa shape index (κ2) is 9.13. The van der Waals surface area contributed by atoms with Crippen molar-refractivity contribution >= 4 is 23.9 Å². The number of likely N-dealkylation sites (tertiary alicyclic amines) is 1. The summed E-state index contributed by atoms with van der Waals surface area (Å²) in [6.45, 7) is 5.02. The zero-order valence-corrected chi connectivity index (χ0v) is 17.2. The third-order valence-corrected chi connectivity index (χ3v) is 5.44. The Morgan fingerprint density at radius 2 is 2.07 bits per heavy atom. The minimum atomic E-state index is -0.379. The molecule has 0 atom stereocenters. The van der Waals surface area contributed by atoms with Crippen molar-refractivity contribution in [3.63, 3.8) is 0 Å². The predicted molar refractivity (Wildman–Crippen MR) is 110 cm³/mol. The first kappa shape index (κ1) is 20.9. The number of amides is 2. The first-order chi connectivity index (χ1) is 13.9. The lowest BCUT2D eigenvalue weighted by Crippen LogP contribution is -2.37. The monoisotopic (exact) mass is 417 g/mol. The van der Waals surface area contributed by atoms with Gasteiger partial charge >= 0.3 is 0 Å². The van der Waals surface area contributed by atoms with E-state index in [2.05, 4.69) is 10.3 Å². The number of halogens is 1. The van der Waals surface area contributed by atoms with Crippen LogP contribution >= 0.6 is 11.6 Å². The van der Waals surface area contributed by atoms with Gasteiger partial charge in [0.1, 0.15) is 11.9 Å². The molecule has 7 nitrogen and oxygen atoms in total. The Morgan fingerprint density at radius 3 is 2.72 bits per heavy atom. The average Bonchev–Trinajstić information content (AvgIpc) is 2.69. The molecule has 2 heterocycles. The zero-order valence-electron chi connectivity index (χ0n) is 16.5. The largest absolute Gasteiger partial charge is 0.489 e. The van der Waals surface area contributed by atoms with E-state index < -0.39 is 0 Å². The molecule has 1 aliphatic rings. The summed E-state index contributed by atoms with van der Waals surface area (Å²) in [5.74, 6) is 0.0591. The fourth-order valence-corrected chi connectivity index (χ4v) is 3.68. The molecule has 2 N–H and O–H groups in total. The van der Waals surface area contributed by atoms with Gasteiger partial charge in [-0.25, -0.2) is 0 Å². The Bertz CT molecular complexity index is 965. The third kappa shape index (κ3) is 4.98. The molecule has 8 heteroatoms. The Labute approximate surface area is 174 Å². The van der Waals surface area contributed by atoms with Crippen molar-refractivity contribution in [2.75, 3.05) is 13.1 Å². The van der Waals surface area contributed by atoms with Crippen LogP contribution in [0.1, 0.15) is 40.0 Å². The van der Waals surface area contributed by atoms with E-state index >= 15 is 0 Å². The van der Waals surface area contributed by atoms with Crippen LogP contribution < -0.4 is 15.6 Å². The molecule has 0 bridgehead atoms. The molecule has 154 valence electrons. The van der Waals surface area contributed by atoms with Gasteiger partial charge in [-0.05, 0) is 37.6 Å². The van der Waals surface area contributed by atoms with Gasteiger partial charge in [-0.3, -0.25) is 14.4 Å². The molecule has 1 aliphatic heterocycles. The quantitative estimate of drug-likeness (QED) is 0.706. The number of rotatable bonds is 6. The maximum atomic E-state index is 12.6. The van der Waals surface area contributed by atoms with Gasteiger partial charge in [0.15, 0.2) is 0 Å². The number of aromatic amines is 1. The van der Waals surface area contributed by atoms with Gasteiger partial charge in [0, 0.05) is 43.7 Å². The van der Waals surface area contributed by atoms with E-state index in [-0.39, 0.29) is 34.7 Å². The number of aryl methyl sites for hydroxylation is 2. The first-order valence-corrected chi connectivity index (χ1v) is 9.89. The van der Waals surface area contributed by atoms with E-state index in [4.69, 9.17) is 16.3 Å². The number of ether oxygens (including phenoxy) is 1. The van der Waals surface area contributed by atoms with Gasteiger partial charge in [-0.2, -0.15) is 0 Å². The Kier molecular flexibility index (Phi) is 6.59. The van der Waals surface area contributed by atoms with Gasteiger partial charge in [-0.1, -0.05) is 17.7 Å². The van der Waals surface area contributed by atoms with E-state index in [1.54, 1.807) is 23.1 Å². The van der Waals surface area contributed by atoms with Crippen molar-refractivity contribution in [1.82, 2.24) is 15.2 Å². The summed E-state index contributed by atoms with van der Waals surface area (Å²) in [5.41, 5.74) is 2.17. The summed E-state index contributed by atoms with van der Waals surface area (Å²) in [7, 11) is 0. The summed E-state index contributed by atoms with van der Waals surface area (Å²) < 4.78 is 5.97. The van der Waals surface area contributed by atoms with Crippen LogP contribution in [0, 0.1) is 13.8 Å². The van der Waals surface area contributed by atoms with Crippen LogP contribution in [-0.2, 0) is 11.3 Å². The SMILES string of the molecule is Cc1cc(C)c(CNC(=O)c2cccc(OC3CCN(C=O)CC3)c2Cl)c(=O)[nH]1. The molecule has 29 heavy (non-hydrogen) atoms. The fraction of sp³-hybridized carbons (Fsp3) is 0.381. The van der Waals surface area contributed by atoms with Crippen LogP contribution in [0.4, 0.5) is 0 Å². The normalized spacial score (nSPS) is 14.5. The van der Waals surface area contributed by atoms with Crippen LogP contribution in [0.2, 0.25) is 5.02 Å². The molecule has 1 saturated heterocycles. The lowest BCUT2D eigenvalue weighted by Gasteiger charge is -2.29. The molecular weight excluding hydrogens is 394 g/mol. The molecule has 1 fully saturated rings. The molecule has 0 radical (unpaired) electrons. The molecule has 3 rings (SSSR count). The van der Waals surface area contributed by atoms with Crippen LogP contribution in [0.15, 0.2) is 29.1 Å². The van der Waals surface area contributed by atoms with E-state index in [1.165, 1.54) is 0 Å².